The van der Waals surface area contributed by atoms with Crippen LogP contribution in [0, 0.1) is 0 Å². The molecule has 2 rings (SSSR count). The molecule has 1 saturated heterocycles. The maximum atomic E-state index is 11.6. The topological polar surface area (TPSA) is 109 Å². The lowest BCUT2D eigenvalue weighted by atomic mass is 10.2. The van der Waals surface area contributed by atoms with Crippen LogP contribution in [0.2, 0.25) is 0 Å². The first-order valence-electron chi connectivity index (χ1n) is 6.13. The molecule has 0 unspecified atom stereocenters. The van der Waals surface area contributed by atoms with Crippen LogP contribution in [0.4, 0.5) is 0 Å². The standard InChI is InChI=1S/C11H17N5O3/c1-7(14-16-5-3-15(2)4-6-16)8-9(17)12-11(19)13-10(8)18/h3-6H2,1-2H3,(H3,12,13,17,18,19)/b14-7+. The zero-order chi connectivity index (χ0) is 14.0. The van der Waals surface area contributed by atoms with Crippen LogP contribution in [0.15, 0.2) is 14.7 Å². The molecule has 2 heterocycles. The Kier molecular flexibility index (Phi) is 3.70. The molecule has 8 heteroatoms. The fourth-order valence-corrected chi connectivity index (χ4v) is 2.03. The summed E-state index contributed by atoms with van der Waals surface area (Å²) in [5.41, 5.74) is -1.28. The first-order valence-corrected chi connectivity index (χ1v) is 6.13. The van der Waals surface area contributed by atoms with Crippen molar-refractivity contribution in [1.82, 2.24) is 15.0 Å². The van der Waals surface area contributed by atoms with Crippen LogP contribution in [-0.4, -0.2) is 53.9 Å². The third kappa shape index (κ3) is 3.02. The normalized spacial score (nSPS) is 17.8. The van der Waals surface area contributed by atoms with Crippen LogP contribution in [0.25, 0.3) is 0 Å². The molecule has 19 heavy (non-hydrogen) atoms. The number of likely N-dealkylation sites (N-methyl/N-ethyl adjacent to an activating group) is 1. The third-order valence-corrected chi connectivity index (χ3v) is 3.15. The molecule has 0 aromatic carbocycles. The van der Waals surface area contributed by atoms with E-state index in [4.69, 9.17) is 0 Å². The second-order valence-electron chi connectivity index (χ2n) is 4.71. The van der Waals surface area contributed by atoms with E-state index in [1.165, 1.54) is 4.90 Å². The summed E-state index contributed by atoms with van der Waals surface area (Å²) >= 11 is 0. The molecule has 0 aliphatic carbocycles. The van der Waals surface area contributed by atoms with Gasteiger partial charge in [0, 0.05) is 0 Å². The number of quaternary nitrogens is 1. The molecule has 1 aliphatic heterocycles. The van der Waals surface area contributed by atoms with E-state index >= 15 is 0 Å². The Balaban J connectivity index is 2.27. The van der Waals surface area contributed by atoms with Gasteiger partial charge in [-0.25, -0.2) is 4.79 Å². The highest BCUT2D eigenvalue weighted by molar-refractivity contribution is 5.99. The Morgan fingerprint density at radius 2 is 1.95 bits per heavy atom. The van der Waals surface area contributed by atoms with Crippen LogP contribution in [0.3, 0.4) is 0 Å². The van der Waals surface area contributed by atoms with Gasteiger partial charge in [-0.2, -0.15) is 5.10 Å². The molecule has 0 radical (unpaired) electrons. The molecule has 1 aromatic heterocycles. The molecule has 3 N–H and O–H groups in total. The van der Waals surface area contributed by atoms with E-state index in [1.54, 1.807) is 6.92 Å². The lowest BCUT2D eigenvalue weighted by Gasteiger charge is -2.28. The molecule has 8 nitrogen and oxygen atoms in total. The van der Waals surface area contributed by atoms with Crippen molar-refractivity contribution < 1.29 is 10.0 Å². The van der Waals surface area contributed by atoms with E-state index in [0.717, 1.165) is 26.2 Å². The van der Waals surface area contributed by atoms with Gasteiger partial charge in [0.25, 0.3) is 5.56 Å². The van der Waals surface area contributed by atoms with Crippen molar-refractivity contribution in [3.05, 3.63) is 26.4 Å². The van der Waals surface area contributed by atoms with Crippen LogP contribution in [0.1, 0.15) is 12.5 Å². The minimum Gasteiger partial charge on any atom is -0.860 e. The van der Waals surface area contributed by atoms with Gasteiger partial charge in [0.05, 0.1) is 44.5 Å². The number of nitrogens with zero attached hydrogens (tertiary/aromatic N) is 2. The average molecular weight is 267 g/mol. The van der Waals surface area contributed by atoms with Gasteiger partial charge < -0.3 is 15.0 Å². The molecule has 0 bridgehead atoms. The van der Waals surface area contributed by atoms with Gasteiger partial charge in [-0.3, -0.25) is 14.8 Å². The second-order valence-corrected chi connectivity index (χ2v) is 4.71. The molecular weight excluding hydrogens is 250 g/mol. The minimum atomic E-state index is -0.797. The lowest BCUT2D eigenvalue weighted by molar-refractivity contribution is -0.884. The highest BCUT2D eigenvalue weighted by atomic mass is 16.3. The molecule has 0 spiro atoms. The monoisotopic (exact) mass is 267 g/mol. The molecule has 0 amide bonds. The van der Waals surface area contributed by atoms with Crippen molar-refractivity contribution in [2.24, 2.45) is 5.10 Å². The summed E-state index contributed by atoms with van der Waals surface area (Å²) in [6, 6.07) is 0. The maximum absolute atomic E-state index is 11.6. The van der Waals surface area contributed by atoms with Crippen molar-refractivity contribution in [2.45, 2.75) is 6.92 Å². The fraction of sp³-hybridized carbons (Fsp3) is 0.545. The van der Waals surface area contributed by atoms with Gasteiger partial charge in [-0.05, 0) is 12.8 Å². The number of H-pyrrole nitrogens is 2. The average Bonchev–Trinajstić information content (AvgIpc) is 2.30. The summed E-state index contributed by atoms with van der Waals surface area (Å²) in [5.74, 6) is -0.699. The van der Waals surface area contributed by atoms with E-state index in [1.807, 2.05) is 15.0 Å². The molecule has 104 valence electrons. The number of hydrogen-bond donors (Lipinski definition) is 3. The highest BCUT2D eigenvalue weighted by Crippen LogP contribution is 2.04. The van der Waals surface area contributed by atoms with Crippen molar-refractivity contribution >= 4 is 5.71 Å². The van der Waals surface area contributed by atoms with E-state index in [-0.39, 0.29) is 5.56 Å². The Labute approximate surface area is 109 Å². The SMILES string of the molecule is C/C(=N\N1CC[NH+](C)CC1)c1c([O-])[nH]c(=O)[nH]c1=O. The Morgan fingerprint density at radius 1 is 1.32 bits per heavy atom. The Hall–Kier alpha value is -2.09. The van der Waals surface area contributed by atoms with Crippen LogP contribution < -0.4 is 21.3 Å². The van der Waals surface area contributed by atoms with Gasteiger partial charge in [0.1, 0.15) is 0 Å². The number of aromatic nitrogens is 2. The van der Waals surface area contributed by atoms with E-state index in [9.17, 15) is 14.7 Å². The van der Waals surface area contributed by atoms with E-state index < -0.39 is 17.1 Å². The Morgan fingerprint density at radius 3 is 2.53 bits per heavy atom. The minimum absolute atomic E-state index is 0.106. The van der Waals surface area contributed by atoms with Crippen molar-refractivity contribution in [2.75, 3.05) is 33.2 Å². The van der Waals surface area contributed by atoms with Crippen LogP contribution in [0.5, 0.6) is 5.88 Å². The first kappa shape index (κ1) is 13.3. The fourth-order valence-electron chi connectivity index (χ4n) is 2.03. The molecule has 0 saturated carbocycles. The predicted molar refractivity (Wildman–Crippen MR) is 67.5 cm³/mol. The number of nitrogens with one attached hydrogen (secondary N) is 3. The van der Waals surface area contributed by atoms with Gasteiger partial charge in [-0.1, -0.05) is 0 Å². The number of rotatable bonds is 2. The summed E-state index contributed by atoms with van der Waals surface area (Å²) in [5, 5.41) is 17.7. The summed E-state index contributed by atoms with van der Waals surface area (Å²) < 4.78 is 0. The van der Waals surface area contributed by atoms with Gasteiger partial charge in [0.2, 0.25) is 0 Å². The molecule has 0 atom stereocenters. The van der Waals surface area contributed by atoms with E-state index in [0.29, 0.717) is 5.71 Å². The number of hydrogen-bond acceptors (Lipinski definition) is 5. The number of piperazine rings is 1. The lowest BCUT2D eigenvalue weighted by Crippen LogP contribution is -3.11. The maximum Gasteiger partial charge on any atom is 0.325 e. The molecule has 1 aromatic rings. The van der Waals surface area contributed by atoms with Crippen LogP contribution in [-0.2, 0) is 0 Å². The number of aromatic amines is 2. The van der Waals surface area contributed by atoms with Crippen LogP contribution >= 0.6 is 0 Å². The van der Waals surface area contributed by atoms with Gasteiger partial charge in [-0.15, -0.1) is 0 Å². The van der Waals surface area contributed by atoms with Crippen molar-refractivity contribution in [1.29, 1.82) is 0 Å². The molecule has 1 fully saturated rings. The second kappa shape index (κ2) is 5.27. The largest absolute Gasteiger partial charge is 0.860 e. The van der Waals surface area contributed by atoms with Crippen molar-refractivity contribution in [3.63, 3.8) is 0 Å². The first-order chi connectivity index (χ1) is 8.97. The summed E-state index contributed by atoms with van der Waals surface area (Å²) in [6.07, 6.45) is 0. The zero-order valence-electron chi connectivity index (χ0n) is 10.9. The van der Waals surface area contributed by atoms with Crippen molar-refractivity contribution in [3.8, 4) is 5.88 Å². The smallest absolute Gasteiger partial charge is 0.325 e. The van der Waals surface area contributed by atoms with Gasteiger partial charge in [0.15, 0.2) is 0 Å². The summed E-state index contributed by atoms with van der Waals surface area (Å²) in [4.78, 5) is 28.1. The molecular formula is C11H17N5O3. The Bertz CT molecular complexity index is 595. The quantitative estimate of drug-likeness (QED) is 0.487. The summed E-state index contributed by atoms with van der Waals surface area (Å²) in [7, 11) is 2.11. The van der Waals surface area contributed by atoms with E-state index in [2.05, 4.69) is 12.1 Å². The summed E-state index contributed by atoms with van der Waals surface area (Å²) in [6.45, 7) is 5.07. The third-order valence-electron chi connectivity index (χ3n) is 3.15. The highest BCUT2D eigenvalue weighted by Gasteiger charge is 2.16. The predicted octanol–water partition coefficient (Wildman–Crippen LogP) is -3.31. The zero-order valence-corrected chi connectivity index (χ0v) is 10.9. The van der Waals surface area contributed by atoms with Gasteiger partial charge >= 0.3 is 5.69 Å². The number of hydrazone groups is 1. The molecule has 1 aliphatic rings.